The standard InChI is InChI=1S/C13H26O/c1-9(2)7-8-10(14)11-12(3,4)13(11,5)6/h9-11,14H,7-8H2,1-6H3. The van der Waals surface area contributed by atoms with Crippen molar-refractivity contribution in [2.75, 3.05) is 0 Å². The molecule has 0 amide bonds. The van der Waals surface area contributed by atoms with Crippen LogP contribution in [0.2, 0.25) is 0 Å². The molecule has 1 fully saturated rings. The van der Waals surface area contributed by atoms with E-state index in [9.17, 15) is 5.11 Å². The minimum Gasteiger partial charge on any atom is -0.393 e. The zero-order valence-corrected chi connectivity index (χ0v) is 10.6. The van der Waals surface area contributed by atoms with E-state index in [2.05, 4.69) is 41.5 Å². The molecule has 1 saturated carbocycles. The summed E-state index contributed by atoms with van der Waals surface area (Å²) in [6.07, 6.45) is 2.02. The molecule has 0 aliphatic heterocycles. The second-order valence-electron chi connectivity index (χ2n) is 6.46. The number of aliphatic hydroxyl groups is 1. The van der Waals surface area contributed by atoms with Gasteiger partial charge in [0.25, 0.3) is 0 Å². The van der Waals surface area contributed by atoms with E-state index in [1.54, 1.807) is 0 Å². The highest BCUT2D eigenvalue weighted by Gasteiger charge is 2.66. The van der Waals surface area contributed by atoms with Crippen LogP contribution in [0.3, 0.4) is 0 Å². The van der Waals surface area contributed by atoms with E-state index in [4.69, 9.17) is 0 Å². The van der Waals surface area contributed by atoms with Crippen molar-refractivity contribution in [3.63, 3.8) is 0 Å². The molecule has 0 aromatic carbocycles. The summed E-state index contributed by atoms with van der Waals surface area (Å²) in [4.78, 5) is 0. The first-order valence-electron chi connectivity index (χ1n) is 5.89. The van der Waals surface area contributed by atoms with Gasteiger partial charge in [0.1, 0.15) is 0 Å². The zero-order valence-electron chi connectivity index (χ0n) is 10.6. The molecule has 0 saturated heterocycles. The molecule has 0 spiro atoms. The fourth-order valence-corrected chi connectivity index (χ4v) is 2.88. The molecular formula is C13H26O. The normalized spacial score (nSPS) is 26.6. The Morgan fingerprint density at radius 2 is 1.43 bits per heavy atom. The molecule has 84 valence electrons. The van der Waals surface area contributed by atoms with Crippen molar-refractivity contribution in [3.8, 4) is 0 Å². The molecule has 0 heterocycles. The van der Waals surface area contributed by atoms with E-state index < -0.39 is 0 Å². The minimum atomic E-state index is -0.0950. The van der Waals surface area contributed by atoms with Gasteiger partial charge in [-0.15, -0.1) is 0 Å². The minimum absolute atomic E-state index is 0.0950. The van der Waals surface area contributed by atoms with E-state index in [1.807, 2.05) is 0 Å². The Bertz CT molecular complexity index is 189. The molecular weight excluding hydrogens is 172 g/mol. The first kappa shape index (κ1) is 12.0. The Morgan fingerprint density at radius 1 is 1.00 bits per heavy atom. The zero-order chi connectivity index (χ0) is 11.1. The lowest BCUT2D eigenvalue weighted by atomic mass is 9.98. The predicted octanol–water partition coefficient (Wildman–Crippen LogP) is 3.47. The van der Waals surface area contributed by atoms with Crippen LogP contribution in [0.15, 0.2) is 0 Å². The Hall–Kier alpha value is -0.0400. The lowest BCUT2D eigenvalue weighted by Gasteiger charge is -2.13. The van der Waals surface area contributed by atoms with Crippen molar-refractivity contribution in [1.82, 2.24) is 0 Å². The van der Waals surface area contributed by atoms with Gasteiger partial charge in [-0.3, -0.25) is 0 Å². The van der Waals surface area contributed by atoms with Crippen molar-refractivity contribution in [3.05, 3.63) is 0 Å². The summed E-state index contributed by atoms with van der Waals surface area (Å²) in [5.74, 6) is 1.20. The number of hydrogen-bond acceptors (Lipinski definition) is 1. The Balaban J connectivity index is 2.45. The highest BCUT2D eigenvalue weighted by molar-refractivity contribution is 5.14. The van der Waals surface area contributed by atoms with Gasteiger partial charge < -0.3 is 5.11 Å². The SMILES string of the molecule is CC(C)CCC(O)C1C(C)(C)C1(C)C. The molecule has 1 rings (SSSR count). The van der Waals surface area contributed by atoms with Crippen molar-refractivity contribution >= 4 is 0 Å². The summed E-state index contributed by atoms with van der Waals surface area (Å²) in [7, 11) is 0. The van der Waals surface area contributed by atoms with Gasteiger partial charge in [-0.1, -0.05) is 41.5 Å². The molecule has 0 aromatic rings. The fourth-order valence-electron chi connectivity index (χ4n) is 2.88. The van der Waals surface area contributed by atoms with Crippen molar-refractivity contribution in [2.45, 2.75) is 60.5 Å². The van der Waals surface area contributed by atoms with Gasteiger partial charge >= 0.3 is 0 Å². The van der Waals surface area contributed by atoms with Crippen LogP contribution in [0.1, 0.15) is 54.4 Å². The second kappa shape index (κ2) is 3.52. The van der Waals surface area contributed by atoms with Gasteiger partial charge in [-0.25, -0.2) is 0 Å². The first-order chi connectivity index (χ1) is 6.21. The smallest absolute Gasteiger partial charge is 0.0579 e. The number of hydrogen-bond donors (Lipinski definition) is 1. The maximum absolute atomic E-state index is 10.1. The van der Waals surface area contributed by atoms with E-state index in [-0.39, 0.29) is 6.10 Å². The van der Waals surface area contributed by atoms with Crippen LogP contribution < -0.4 is 0 Å². The molecule has 0 aromatic heterocycles. The lowest BCUT2D eigenvalue weighted by molar-refractivity contribution is 0.113. The third-order valence-electron chi connectivity index (χ3n) is 4.56. The quantitative estimate of drug-likeness (QED) is 0.733. The van der Waals surface area contributed by atoms with Crippen LogP contribution in [0.25, 0.3) is 0 Å². The summed E-state index contributed by atoms with van der Waals surface area (Å²) >= 11 is 0. The summed E-state index contributed by atoms with van der Waals surface area (Å²) in [5, 5.41) is 10.1. The average molecular weight is 198 g/mol. The van der Waals surface area contributed by atoms with E-state index in [0.29, 0.717) is 22.7 Å². The van der Waals surface area contributed by atoms with Gasteiger partial charge in [0.05, 0.1) is 6.10 Å². The van der Waals surface area contributed by atoms with Crippen LogP contribution >= 0.6 is 0 Å². The number of rotatable bonds is 4. The van der Waals surface area contributed by atoms with Gasteiger partial charge in [0.15, 0.2) is 0 Å². The van der Waals surface area contributed by atoms with Gasteiger partial charge in [0.2, 0.25) is 0 Å². The molecule has 1 heteroatoms. The fraction of sp³-hybridized carbons (Fsp3) is 1.00. The maximum atomic E-state index is 10.1. The van der Waals surface area contributed by atoms with E-state index >= 15 is 0 Å². The van der Waals surface area contributed by atoms with Crippen molar-refractivity contribution in [2.24, 2.45) is 22.7 Å². The first-order valence-corrected chi connectivity index (χ1v) is 5.89. The summed E-state index contributed by atoms with van der Waals surface area (Å²) in [6, 6.07) is 0. The monoisotopic (exact) mass is 198 g/mol. The average Bonchev–Trinajstić information content (AvgIpc) is 2.39. The summed E-state index contributed by atoms with van der Waals surface area (Å²) in [6.45, 7) is 13.5. The largest absolute Gasteiger partial charge is 0.393 e. The molecule has 1 unspecified atom stereocenters. The third kappa shape index (κ3) is 1.84. The van der Waals surface area contributed by atoms with E-state index in [0.717, 1.165) is 12.8 Å². The van der Waals surface area contributed by atoms with Crippen LogP contribution in [0, 0.1) is 22.7 Å². The maximum Gasteiger partial charge on any atom is 0.0579 e. The molecule has 1 atom stereocenters. The Kier molecular flexibility index (Phi) is 3.02. The van der Waals surface area contributed by atoms with Crippen LogP contribution in [-0.4, -0.2) is 11.2 Å². The van der Waals surface area contributed by atoms with Crippen LogP contribution in [-0.2, 0) is 0 Å². The predicted molar refractivity (Wildman–Crippen MR) is 61.1 cm³/mol. The summed E-state index contributed by atoms with van der Waals surface area (Å²) < 4.78 is 0. The van der Waals surface area contributed by atoms with Crippen LogP contribution in [0.5, 0.6) is 0 Å². The van der Waals surface area contributed by atoms with Gasteiger partial charge in [0, 0.05) is 0 Å². The van der Waals surface area contributed by atoms with Gasteiger partial charge in [-0.05, 0) is 35.5 Å². The molecule has 1 aliphatic carbocycles. The third-order valence-corrected chi connectivity index (χ3v) is 4.56. The highest BCUT2D eigenvalue weighted by atomic mass is 16.3. The molecule has 0 bridgehead atoms. The molecule has 1 aliphatic rings. The van der Waals surface area contributed by atoms with Crippen molar-refractivity contribution < 1.29 is 5.11 Å². The van der Waals surface area contributed by atoms with E-state index in [1.165, 1.54) is 0 Å². The number of aliphatic hydroxyl groups excluding tert-OH is 1. The molecule has 1 N–H and O–H groups in total. The lowest BCUT2D eigenvalue weighted by Crippen LogP contribution is -2.15. The topological polar surface area (TPSA) is 20.2 Å². The Labute approximate surface area is 88.9 Å². The second-order valence-corrected chi connectivity index (χ2v) is 6.46. The summed E-state index contributed by atoms with van der Waals surface area (Å²) in [5.41, 5.74) is 0.646. The Morgan fingerprint density at radius 3 is 1.71 bits per heavy atom. The van der Waals surface area contributed by atoms with Gasteiger partial charge in [-0.2, -0.15) is 0 Å². The molecule has 14 heavy (non-hydrogen) atoms. The molecule has 0 radical (unpaired) electrons. The molecule has 1 nitrogen and oxygen atoms in total. The van der Waals surface area contributed by atoms with Crippen molar-refractivity contribution in [1.29, 1.82) is 0 Å². The highest BCUT2D eigenvalue weighted by Crippen LogP contribution is 2.70. The van der Waals surface area contributed by atoms with Crippen LogP contribution in [0.4, 0.5) is 0 Å².